The molecule has 0 N–H and O–H groups in total. The van der Waals surface area contributed by atoms with E-state index in [1.54, 1.807) is 21.5 Å². The minimum absolute atomic E-state index is 0.124. The van der Waals surface area contributed by atoms with Gasteiger partial charge in [-0.1, -0.05) is 103 Å². The van der Waals surface area contributed by atoms with E-state index >= 15 is 0 Å². The maximum atomic E-state index is 13.9. The number of benzene rings is 4. The molecule has 0 bridgehead atoms. The Morgan fingerprint density at radius 2 is 0.848 bits per heavy atom. The van der Waals surface area contributed by atoms with Crippen molar-refractivity contribution in [1.29, 1.82) is 0 Å². The SMILES string of the molecule is O=c1c2ccccc2c(=O)n2n1[C@@H](c1ccccc1)[P@@](c1ccccc1)[C@H]2c1ccccc1. The zero-order valence-electron chi connectivity index (χ0n) is 17.8. The van der Waals surface area contributed by atoms with Gasteiger partial charge in [0.1, 0.15) is 11.6 Å². The van der Waals surface area contributed by atoms with Crippen LogP contribution in [0.4, 0.5) is 0 Å². The quantitative estimate of drug-likeness (QED) is 0.362. The molecule has 6 rings (SSSR count). The number of hydrogen-bond acceptors (Lipinski definition) is 2. The van der Waals surface area contributed by atoms with Crippen molar-refractivity contribution < 1.29 is 0 Å². The van der Waals surface area contributed by atoms with Gasteiger partial charge in [-0.2, -0.15) is 0 Å². The molecule has 33 heavy (non-hydrogen) atoms. The van der Waals surface area contributed by atoms with Crippen LogP contribution in [-0.4, -0.2) is 9.36 Å². The van der Waals surface area contributed by atoms with Crippen LogP contribution in [0.5, 0.6) is 0 Å². The summed E-state index contributed by atoms with van der Waals surface area (Å²) in [6.07, 6.45) is 0. The van der Waals surface area contributed by atoms with Crippen molar-refractivity contribution in [3.63, 3.8) is 0 Å². The predicted octanol–water partition coefficient (Wildman–Crippen LogP) is 5.08. The van der Waals surface area contributed by atoms with Crippen LogP contribution in [0.25, 0.3) is 10.8 Å². The van der Waals surface area contributed by atoms with Crippen LogP contribution >= 0.6 is 7.92 Å². The fourth-order valence-electron chi connectivity index (χ4n) is 4.86. The predicted molar refractivity (Wildman–Crippen MR) is 135 cm³/mol. The molecule has 0 fully saturated rings. The molecular formula is C28H21N2O2P. The van der Waals surface area contributed by atoms with E-state index in [4.69, 9.17) is 0 Å². The van der Waals surface area contributed by atoms with Gasteiger partial charge >= 0.3 is 0 Å². The lowest BCUT2D eigenvalue weighted by molar-refractivity contribution is 0.494. The van der Waals surface area contributed by atoms with E-state index in [0.29, 0.717) is 10.8 Å². The highest BCUT2D eigenvalue weighted by Gasteiger charge is 2.44. The first kappa shape index (κ1) is 19.9. The molecule has 160 valence electrons. The molecule has 5 aromatic rings. The Balaban J connectivity index is 1.77. The summed E-state index contributed by atoms with van der Waals surface area (Å²) in [4.78, 5) is 27.8. The van der Waals surface area contributed by atoms with Crippen molar-refractivity contribution in [1.82, 2.24) is 9.36 Å². The average molecular weight is 448 g/mol. The Hall–Kier alpha value is -3.75. The summed E-state index contributed by atoms with van der Waals surface area (Å²) < 4.78 is 3.47. The van der Waals surface area contributed by atoms with Crippen LogP contribution in [0.2, 0.25) is 0 Å². The molecule has 0 saturated carbocycles. The molecule has 0 saturated heterocycles. The molecule has 3 atom stereocenters. The minimum atomic E-state index is -1.02. The fraction of sp³-hybridized carbons (Fsp3) is 0.0714. The smallest absolute Gasteiger partial charge is 0.267 e. The fourth-order valence-corrected chi connectivity index (χ4v) is 8.10. The van der Waals surface area contributed by atoms with Crippen LogP contribution in [-0.2, 0) is 0 Å². The Morgan fingerprint density at radius 1 is 0.485 bits per heavy atom. The molecule has 0 aliphatic carbocycles. The van der Waals surface area contributed by atoms with E-state index in [9.17, 15) is 9.59 Å². The molecule has 1 aliphatic rings. The lowest BCUT2D eigenvalue weighted by Gasteiger charge is -2.25. The molecule has 0 radical (unpaired) electrons. The summed E-state index contributed by atoms with van der Waals surface area (Å²) in [5.74, 6) is -0.503. The lowest BCUT2D eigenvalue weighted by Crippen LogP contribution is -2.37. The Bertz CT molecular complexity index is 1460. The third kappa shape index (κ3) is 3.10. The number of fused-ring (bicyclic) bond motifs is 2. The van der Waals surface area contributed by atoms with Gasteiger partial charge in [-0.05, 0) is 36.5 Å². The standard InChI is InChI=1S/C28H21N2O2P/c31-25-23-18-10-11-19-24(23)26(32)30-28(21-14-6-2-7-15-21)33(22-16-8-3-9-17-22)27(29(25)30)20-12-4-1-5-13-20/h1-19,27-28H/t27-,28+,33-. The molecule has 0 unspecified atom stereocenters. The summed E-state index contributed by atoms with van der Waals surface area (Å²) in [6, 6.07) is 37.7. The number of rotatable bonds is 3. The van der Waals surface area contributed by atoms with Crippen molar-refractivity contribution in [3.05, 3.63) is 147 Å². The third-order valence-corrected chi connectivity index (χ3v) is 9.26. The molecule has 0 amide bonds. The van der Waals surface area contributed by atoms with Gasteiger partial charge in [0.2, 0.25) is 0 Å². The van der Waals surface area contributed by atoms with E-state index in [0.717, 1.165) is 16.4 Å². The number of aromatic nitrogens is 2. The molecule has 5 heteroatoms. The molecular weight excluding hydrogens is 427 g/mol. The van der Waals surface area contributed by atoms with Gasteiger partial charge in [0.15, 0.2) is 0 Å². The van der Waals surface area contributed by atoms with Gasteiger partial charge in [-0.3, -0.25) is 9.59 Å². The summed E-state index contributed by atoms with van der Waals surface area (Å²) in [6.45, 7) is 0. The summed E-state index contributed by atoms with van der Waals surface area (Å²) >= 11 is 0. The van der Waals surface area contributed by atoms with E-state index in [-0.39, 0.29) is 22.7 Å². The second-order valence-corrected chi connectivity index (χ2v) is 10.5. The topological polar surface area (TPSA) is 44.0 Å². The summed E-state index contributed by atoms with van der Waals surface area (Å²) in [5, 5.41) is 2.10. The second-order valence-electron chi connectivity index (χ2n) is 8.16. The van der Waals surface area contributed by atoms with Crippen molar-refractivity contribution in [2.75, 3.05) is 0 Å². The first-order valence-corrected chi connectivity index (χ1v) is 12.4. The third-order valence-electron chi connectivity index (χ3n) is 6.28. The van der Waals surface area contributed by atoms with Gasteiger partial charge in [0.25, 0.3) is 11.1 Å². The minimum Gasteiger partial charge on any atom is -0.267 e. The van der Waals surface area contributed by atoms with Crippen LogP contribution in [0.1, 0.15) is 22.7 Å². The normalized spacial score (nSPS) is 19.5. The molecule has 1 aliphatic heterocycles. The summed E-state index contributed by atoms with van der Waals surface area (Å²) in [5.41, 5.74) is 1.83. The van der Waals surface area contributed by atoms with Crippen molar-refractivity contribution in [3.8, 4) is 0 Å². The first-order valence-electron chi connectivity index (χ1n) is 10.9. The number of hydrogen-bond donors (Lipinski definition) is 0. The molecule has 4 aromatic carbocycles. The van der Waals surface area contributed by atoms with Gasteiger partial charge in [0.05, 0.1) is 10.8 Å². The molecule has 2 heterocycles. The highest BCUT2D eigenvalue weighted by molar-refractivity contribution is 7.66. The van der Waals surface area contributed by atoms with Crippen molar-refractivity contribution in [2.24, 2.45) is 0 Å². The van der Waals surface area contributed by atoms with E-state index < -0.39 is 7.92 Å². The number of nitrogens with zero attached hydrogens (tertiary/aromatic N) is 2. The van der Waals surface area contributed by atoms with Crippen LogP contribution in [0.15, 0.2) is 125 Å². The summed E-state index contributed by atoms with van der Waals surface area (Å²) in [7, 11) is -1.02. The van der Waals surface area contributed by atoms with E-state index in [1.165, 1.54) is 0 Å². The van der Waals surface area contributed by atoms with E-state index in [2.05, 4.69) is 36.4 Å². The Labute approximate surface area is 192 Å². The van der Waals surface area contributed by atoms with Gasteiger partial charge in [-0.25, -0.2) is 9.36 Å². The monoisotopic (exact) mass is 448 g/mol. The zero-order valence-corrected chi connectivity index (χ0v) is 18.7. The molecule has 4 nitrogen and oxygen atoms in total. The van der Waals surface area contributed by atoms with Crippen LogP contribution in [0.3, 0.4) is 0 Å². The largest absolute Gasteiger partial charge is 0.274 e. The Kier molecular flexibility index (Phi) is 4.82. The molecule has 1 aromatic heterocycles. The van der Waals surface area contributed by atoms with Crippen LogP contribution < -0.4 is 16.4 Å². The second kappa shape index (κ2) is 7.99. The Morgan fingerprint density at radius 3 is 1.27 bits per heavy atom. The highest BCUT2D eigenvalue weighted by Crippen LogP contribution is 2.64. The average Bonchev–Trinajstić information content (AvgIpc) is 3.25. The van der Waals surface area contributed by atoms with Gasteiger partial charge in [-0.15, -0.1) is 0 Å². The van der Waals surface area contributed by atoms with Crippen LogP contribution in [0, 0.1) is 0 Å². The van der Waals surface area contributed by atoms with Gasteiger partial charge < -0.3 is 0 Å². The van der Waals surface area contributed by atoms with Crippen molar-refractivity contribution >= 4 is 24.0 Å². The maximum absolute atomic E-state index is 13.9. The highest BCUT2D eigenvalue weighted by atomic mass is 31.1. The van der Waals surface area contributed by atoms with Gasteiger partial charge in [0, 0.05) is 0 Å². The van der Waals surface area contributed by atoms with Crippen molar-refractivity contribution in [2.45, 2.75) is 11.6 Å². The zero-order chi connectivity index (χ0) is 22.4. The lowest BCUT2D eigenvalue weighted by atomic mass is 10.2. The molecule has 0 spiro atoms. The van der Waals surface area contributed by atoms with E-state index in [1.807, 2.05) is 66.7 Å². The maximum Gasteiger partial charge on any atom is 0.274 e. The first-order chi connectivity index (χ1) is 16.3.